The Labute approximate surface area is 84.1 Å². The zero-order chi connectivity index (χ0) is 10.1. The second kappa shape index (κ2) is 3.45. The van der Waals surface area contributed by atoms with Crippen LogP contribution in [0.1, 0.15) is 35.7 Å². The highest BCUT2D eigenvalue weighted by Crippen LogP contribution is 2.25. The van der Waals surface area contributed by atoms with Crippen molar-refractivity contribution in [3.8, 4) is 0 Å². The van der Waals surface area contributed by atoms with Gasteiger partial charge in [-0.15, -0.1) is 0 Å². The lowest BCUT2D eigenvalue weighted by molar-refractivity contribution is 0.0927. The maximum absolute atomic E-state index is 11.9. The van der Waals surface area contributed by atoms with Crippen LogP contribution in [0.3, 0.4) is 0 Å². The van der Waals surface area contributed by atoms with E-state index in [0.29, 0.717) is 0 Å². The summed E-state index contributed by atoms with van der Waals surface area (Å²) in [5.74, 6) is 0.442. The minimum Gasteiger partial charge on any atom is -0.399 e. The summed E-state index contributed by atoms with van der Waals surface area (Å²) in [4.78, 5) is 11.9. The molecule has 0 amide bonds. The summed E-state index contributed by atoms with van der Waals surface area (Å²) in [5, 5.41) is 0. The van der Waals surface area contributed by atoms with Crippen LogP contribution < -0.4 is 5.73 Å². The predicted molar refractivity (Wildman–Crippen MR) is 57.3 cm³/mol. The first kappa shape index (κ1) is 9.25. The zero-order valence-corrected chi connectivity index (χ0v) is 8.42. The van der Waals surface area contributed by atoms with Crippen LogP contribution in [0.2, 0.25) is 0 Å². The molecule has 14 heavy (non-hydrogen) atoms. The molecule has 0 saturated heterocycles. The third-order valence-corrected chi connectivity index (χ3v) is 2.93. The van der Waals surface area contributed by atoms with Crippen LogP contribution in [0, 0.1) is 5.92 Å². The van der Waals surface area contributed by atoms with E-state index in [1.165, 1.54) is 0 Å². The number of hydrogen-bond donors (Lipinski definition) is 1. The summed E-state index contributed by atoms with van der Waals surface area (Å²) < 4.78 is 0. The molecular weight excluding hydrogens is 174 g/mol. The molecule has 1 aromatic rings. The zero-order valence-electron chi connectivity index (χ0n) is 8.42. The van der Waals surface area contributed by atoms with Gasteiger partial charge in [0.05, 0.1) is 0 Å². The van der Waals surface area contributed by atoms with Crippen molar-refractivity contribution in [2.45, 2.75) is 26.2 Å². The standard InChI is InChI=1S/C12H15NO/c1-8-3-2-4-9-7-10(13)5-6-11(9)12(8)14/h5-8H,2-4,13H2,1H3. The van der Waals surface area contributed by atoms with E-state index in [1.807, 2.05) is 25.1 Å². The molecule has 0 radical (unpaired) electrons. The van der Waals surface area contributed by atoms with Gasteiger partial charge in [0.15, 0.2) is 5.78 Å². The van der Waals surface area contributed by atoms with Crippen molar-refractivity contribution in [2.24, 2.45) is 5.92 Å². The average Bonchev–Trinajstić information content (AvgIpc) is 2.28. The second-order valence-corrected chi connectivity index (χ2v) is 4.07. The van der Waals surface area contributed by atoms with E-state index >= 15 is 0 Å². The summed E-state index contributed by atoms with van der Waals surface area (Å²) in [6, 6.07) is 5.62. The number of hydrogen-bond acceptors (Lipinski definition) is 2. The first-order valence-corrected chi connectivity index (χ1v) is 5.11. The van der Waals surface area contributed by atoms with E-state index in [2.05, 4.69) is 0 Å². The van der Waals surface area contributed by atoms with Gasteiger partial charge in [0.2, 0.25) is 0 Å². The van der Waals surface area contributed by atoms with Crippen LogP contribution in [0.4, 0.5) is 5.69 Å². The van der Waals surface area contributed by atoms with Gasteiger partial charge in [-0.25, -0.2) is 0 Å². The number of rotatable bonds is 0. The van der Waals surface area contributed by atoms with Gasteiger partial charge in [-0.05, 0) is 43.0 Å². The Bertz CT molecular complexity index is 371. The van der Waals surface area contributed by atoms with E-state index in [1.54, 1.807) is 0 Å². The number of ketones is 1. The number of carbonyl (C=O) groups excluding carboxylic acids is 1. The van der Waals surface area contributed by atoms with Crippen molar-refractivity contribution < 1.29 is 4.79 Å². The molecule has 0 bridgehead atoms. The molecule has 2 N–H and O–H groups in total. The van der Waals surface area contributed by atoms with Gasteiger partial charge in [0.25, 0.3) is 0 Å². The van der Waals surface area contributed by atoms with Crippen molar-refractivity contribution in [1.29, 1.82) is 0 Å². The topological polar surface area (TPSA) is 43.1 Å². The number of nitrogens with two attached hydrogens (primary N) is 1. The van der Waals surface area contributed by atoms with E-state index in [4.69, 9.17) is 5.73 Å². The van der Waals surface area contributed by atoms with Gasteiger partial charge < -0.3 is 5.73 Å². The quantitative estimate of drug-likeness (QED) is 0.503. The Morgan fingerprint density at radius 2 is 2.21 bits per heavy atom. The first-order chi connectivity index (χ1) is 6.68. The van der Waals surface area contributed by atoms with E-state index in [9.17, 15) is 4.79 Å². The Kier molecular flexibility index (Phi) is 2.28. The fourth-order valence-corrected chi connectivity index (χ4v) is 2.06. The van der Waals surface area contributed by atoms with Crippen molar-refractivity contribution in [3.05, 3.63) is 29.3 Å². The van der Waals surface area contributed by atoms with Gasteiger partial charge in [0, 0.05) is 17.2 Å². The number of aryl methyl sites for hydroxylation is 1. The highest BCUT2D eigenvalue weighted by Gasteiger charge is 2.21. The molecule has 1 atom stereocenters. The molecule has 1 aromatic carbocycles. The molecule has 2 heteroatoms. The fraction of sp³-hybridized carbons (Fsp3) is 0.417. The maximum Gasteiger partial charge on any atom is 0.165 e. The third-order valence-electron chi connectivity index (χ3n) is 2.93. The predicted octanol–water partition coefficient (Wildman–Crippen LogP) is 2.42. The number of nitrogen functional groups attached to an aromatic ring is 1. The number of anilines is 1. The van der Waals surface area contributed by atoms with Gasteiger partial charge >= 0.3 is 0 Å². The highest BCUT2D eigenvalue weighted by atomic mass is 16.1. The number of Topliss-reactive ketones (excluding diaryl/α,β-unsaturated/α-hetero) is 1. The Morgan fingerprint density at radius 1 is 1.43 bits per heavy atom. The molecule has 0 fully saturated rings. The molecule has 2 rings (SSSR count). The number of benzene rings is 1. The SMILES string of the molecule is CC1CCCc2cc(N)ccc2C1=O. The molecule has 0 saturated carbocycles. The third kappa shape index (κ3) is 1.52. The van der Waals surface area contributed by atoms with Crippen molar-refractivity contribution in [2.75, 3.05) is 5.73 Å². The molecule has 1 aliphatic carbocycles. The van der Waals surface area contributed by atoms with Gasteiger partial charge in [-0.2, -0.15) is 0 Å². The molecule has 2 nitrogen and oxygen atoms in total. The Hall–Kier alpha value is -1.31. The van der Waals surface area contributed by atoms with Crippen molar-refractivity contribution in [1.82, 2.24) is 0 Å². The minimum atomic E-state index is 0.167. The van der Waals surface area contributed by atoms with Crippen molar-refractivity contribution >= 4 is 11.5 Å². The summed E-state index contributed by atoms with van der Waals surface area (Å²) in [5.41, 5.74) is 8.46. The molecule has 0 aliphatic heterocycles. The average molecular weight is 189 g/mol. The molecule has 0 aromatic heterocycles. The number of carbonyl (C=O) groups is 1. The van der Waals surface area contributed by atoms with E-state index in [0.717, 1.165) is 36.1 Å². The Morgan fingerprint density at radius 3 is 3.00 bits per heavy atom. The monoisotopic (exact) mass is 189 g/mol. The summed E-state index contributed by atoms with van der Waals surface area (Å²) in [6.07, 6.45) is 3.06. The lowest BCUT2D eigenvalue weighted by atomic mass is 9.96. The maximum atomic E-state index is 11.9. The summed E-state index contributed by atoms with van der Waals surface area (Å²) in [7, 11) is 0. The molecule has 0 spiro atoms. The van der Waals surface area contributed by atoms with Gasteiger partial charge in [-0.1, -0.05) is 6.92 Å². The van der Waals surface area contributed by atoms with Crippen LogP contribution in [0.25, 0.3) is 0 Å². The summed E-state index contributed by atoms with van der Waals surface area (Å²) in [6.45, 7) is 2.01. The molecule has 0 heterocycles. The molecule has 1 unspecified atom stereocenters. The molecule has 1 aliphatic rings. The molecular formula is C12H15NO. The van der Waals surface area contributed by atoms with Crippen LogP contribution in [0.15, 0.2) is 18.2 Å². The summed E-state index contributed by atoms with van der Waals surface area (Å²) >= 11 is 0. The van der Waals surface area contributed by atoms with E-state index < -0.39 is 0 Å². The minimum absolute atomic E-state index is 0.167. The van der Waals surface area contributed by atoms with E-state index in [-0.39, 0.29) is 11.7 Å². The Balaban J connectivity index is 2.48. The first-order valence-electron chi connectivity index (χ1n) is 5.11. The van der Waals surface area contributed by atoms with Crippen LogP contribution in [-0.4, -0.2) is 5.78 Å². The number of fused-ring (bicyclic) bond motifs is 1. The fourth-order valence-electron chi connectivity index (χ4n) is 2.06. The highest BCUT2D eigenvalue weighted by molar-refractivity contribution is 5.99. The van der Waals surface area contributed by atoms with Gasteiger partial charge in [-0.3, -0.25) is 4.79 Å². The van der Waals surface area contributed by atoms with Crippen LogP contribution in [-0.2, 0) is 6.42 Å². The lowest BCUT2D eigenvalue weighted by Crippen LogP contribution is -2.10. The van der Waals surface area contributed by atoms with Gasteiger partial charge in [0.1, 0.15) is 0 Å². The second-order valence-electron chi connectivity index (χ2n) is 4.07. The smallest absolute Gasteiger partial charge is 0.165 e. The van der Waals surface area contributed by atoms with Crippen molar-refractivity contribution in [3.63, 3.8) is 0 Å². The van der Waals surface area contributed by atoms with Crippen LogP contribution >= 0.6 is 0 Å². The molecule has 74 valence electrons. The largest absolute Gasteiger partial charge is 0.399 e. The normalized spacial score (nSPS) is 21.5. The van der Waals surface area contributed by atoms with Crippen LogP contribution in [0.5, 0.6) is 0 Å². The lowest BCUT2D eigenvalue weighted by Gasteiger charge is -2.07.